The van der Waals surface area contributed by atoms with Gasteiger partial charge in [0.2, 0.25) is 0 Å². The Morgan fingerprint density at radius 1 is 1.44 bits per heavy atom. The van der Waals surface area contributed by atoms with Gasteiger partial charge in [0.05, 0.1) is 6.61 Å². The highest BCUT2D eigenvalue weighted by molar-refractivity contribution is 5.89. The molecular formula is C11H16N2O3. The van der Waals surface area contributed by atoms with Crippen LogP contribution in [0.4, 0.5) is 9.59 Å². The van der Waals surface area contributed by atoms with Crippen molar-refractivity contribution in [3.8, 4) is 0 Å². The van der Waals surface area contributed by atoms with Gasteiger partial charge in [-0.1, -0.05) is 23.8 Å². The minimum atomic E-state index is -0.900. The number of hydrogen-bond donors (Lipinski definition) is 2. The topological polar surface area (TPSA) is 81.4 Å². The molecule has 3 amide bonds. The van der Waals surface area contributed by atoms with Gasteiger partial charge in [0.15, 0.2) is 0 Å². The van der Waals surface area contributed by atoms with Crippen molar-refractivity contribution in [1.82, 2.24) is 5.32 Å². The molecular weight excluding hydrogens is 208 g/mol. The Morgan fingerprint density at radius 3 is 2.88 bits per heavy atom. The lowest BCUT2D eigenvalue weighted by atomic mass is 10.0. The zero-order valence-corrected chi connectivity index (χ0v) is 9.07. The van der Waals surface area contributed by atoms with Crippen LogP contribution >= 0.6 is 0 Å². The minimum Gasteiger partial charge on any atom is -0.449 e. The highest BCUT2D eigenvalue weighted by atomic mass is 16.5. The van der Waals surface area contributed by atoms with Crippen molar-refractivity contribution < 1.29 is 14.3 Å². The fourth-order valence-electron chi connectivity index (χ4n) is 1.43. The van der Waals surface area contributed by atoms with E-state index < -0.39 is 12.1 Å². The molecule has 5 nitrogen and oxygen atoms in total. The van der Waals surface area contributed by atoms with Gasteiger partial charge < -0.3 is 10.5 Å². The molecule has 0 radical (unpaired) electrons. The Labute approximate surface area is 94.3 Å². The number of imide groups is 1. The average Bonchev–Trinajstić information content (AvgIpc) is 2.25. The van der Waals surface area contributed by atoms with Crippen molar-refractivity contribution in [2.75, 3.05) is 6.61 Å². The molecule has 1 aliphatic carbocycles. The second kappa shape index (κ2) is 6.66. The molecule has 5 heteroatoms. The fourth-order valence-corrected chi connectivity index (χ4v) is 1.43. The third-order valence-corrected chi connectivity index (χ3v) is 2.14. The van der Waals surface area contributed by atoms with E-state index in [2.05, 4.69) is 18.2 Å². The van der Waals surface area contributed by atoms with E-state index in [9.17, 15) is 9.59 Å². The van der Waals surface area contributed by atoms with Crippen LogP contribution in [0.25, 0.3) is 0 Å². The van der Waals surface area contributed by atoms with Crippen LogP contribution in [0.5, 0.6) is 0 Å². The first-order valence-corrected chi connectivity index (χ1v) is 5.27. The maximum Gasteiger partial charge on any atom is 0.415 e. The van der Waals surface area contributed by atoms with Gasteiger partial charge in [0.1, 0.15) is 0 Å². The number of primary amides is 1. The number of allylic oxidation sites excluding steroid dienone is 4. The predicted molar refractivity (Wildman–Crippen MR) is 59.8 cm³/mol. The van der Waals surface area contributed by atoms with Gasteiger partial charge >= 0.3 is 12.1 Å². The molecule has 0 unspecified atom stereocenters. The van der Waals surface area contributed by atoms with Crippen LogP contribution in [-0.2, 0) is 4.74 Å². The number of hydrogen-bond acceptors (Lipinski definition) is 3. The number of rotatable bonds is 4. The number of amides is 3. The Morgan fingerprint density at radius 2 is 2.25 bits per heavy atom. The first-order chi connectivity index (χ1) is 7.68. The Bertz CT molecular complexity index is 321. The molecule has 0 aromatic carbocycles. The molecule has 0 aromatic heterocycles. The average molecular weight is 224 g/mol. The molecule has 1 rings (SSSR count). The monoisotopic (exact) mass is 224 g/mol. The highest BCUT2D eigenvalue weighted by Crippen LogP contribution is 2.14. The highest BCUT2D eigenvalue weighted by Gasteiger charge is 2.04. The fraction of sp³-hybridized carbons (Fsp3) is 0.455. The van der Waals surface area contributed by atoms with Gasteiger partial charge in [-0.2, -0.15) is 0 Å². The van der Waals surface area contributed by atoms with Crippen molar-refractivity contribution in [1.29, 1.82) is 0 Å². The van der Waals surface area contributed by atoms with Gasteiger partial charge in [-0.25, -0.2) is 14.9 Å². The van der Waals surface area contributed by atoms with E-state index >= 15 is 0 Å². The molecule has 0 atom stereocenters. The number of urea groups is 1. The van der Waals surface area contributed by atoms with Gasteiger partial charge in [0, 0.05) is 0 Å². The Hall–Kier alpha value is -1.78. The van der Waals surface area contributed by atoms with Crippen LogP contribution in [0.2, 0.25) is 0 Å². The molecule has 1 aliphatic rings. The lowest BCUT2D eigenvalue weighted by Gasteiger charge is -2.07. The van der Waals surface area contributed by atoms with E-state index in [1.54, 1.807) is 0 Å². The normalized spacial score (nSPS) is 14.1. The van der Waals surface area contributed by atoms with Crippen molar-refractivity contribution in [3.05, 3.63) is 23.8 Å². The number of nitrogens with one attached hydrogen (secondary N) is 1. The summed E-state index contributed by atoms with van der Waals surface area (Å²) in [5, 5.41) is 1.83. The van der Waals surface area contributed by atoms with Crippen LogP contribution in [-0.4, -0.2) is 18.7 Å². The summed E-state index contributed by atoms with van der Waals surface area (Å²) in [5.41, 5.74) is 6.01. The van der Waals surface area contributed by atoms with E-state index in [4.69, 9.17) is 10.5 Å². The molecule has 0 saturated heterocycles. The summed E-state index contributed by atoms with van der Waals surface area (Å²) in [6, 6.07) is -0.900. The van der Waals surface area contributed by atoms with E-state index in [0.717, 1.165) is 25.7 Å². The number of ether oxygens (including phenoxy) is 1. The van der Waals surface area contributed by atoms with Crippen LogP contribution in [0.15, 0.2) is 23.8 Å². The van der Waals surface area contributed by atoms with Crippen LogP contribution < -0.4 is 11.1 Å². The summed E-state index contributed by atoms with van der Waals surface area (Å²) < 4.78 is 4.74. The van der Waals surface area contributed by atoms with Crippen molar-refractivity contribution in [2.45, 2.75) is 25.7 Å². The molecule has 0 saturated carbocycles. The number of alkyl carbamates (subject to hydrolysis) is 1. The summed E-state index contributed by atoms with van der Waals surface area (Å²) in [6.45, 7) is 0.282. The largest absolute Gasteiger partial charge is 0.449 e. The molecule has 88 valence electrons. The summed E-state index contributed by atoms with van der Waals surface area (Å²) in [6.07, 6.45) is 9.41. The lowest BCUT2D eigenvalue weighted by Crippen LogP contribution is -2.35. The standard InChI is InChI=1S/C11H16N2O3/c12-10(14)13-11(15)16-8-4-7-9-5-2-1-3-6-9/h2,5-6H,1,3-4,7-8H2,(H3,12,13,14,15). The van der Waals surface area contributed by atoms with Gasteiger partial charge in [-0.3, -0.25) is 0 Å². The van der Waals surface area contributed by atoms with Crippen LogP contribution in [0, 0.1) is 0 Å². The molecule has 0 aromatic rings. The van der Waals surface area contributed by atoms with Gasteiger partial charge in [-0.15, -0.1) is 0 Å². The molecule has 0 fully saturated rings. The first-order valence-electron chi connectivity index (χ1n) is 5.27. The van der Waals surface area contributed by atoms with E-state index in [-0.39, 0.29) is 6.61 Å². The molecule has 0 spiro atoms. The molecule has 0 heterocycles. The zero-order chi connectivity index (χ0) is 11.8. The number of nitrogens with two attached hydrogens (primary N) is 1. The maximum absolute atomic E-state index is 10.8. The molecule has 16 heavy (non-hydrogen) atoms. The quantitative estimate of drug-likeness (QED) is 0.715. The Kier molecular flexibility index (Phi) is 5.11. The van der Waals surface area contributed by atoms with E-state index in [0.29, 0.717) is 0 Å². The third-order valence-electron chi connectivity index (χ3n) is 2.14. The predicted octanol–water partition coefficient (Wildman–Crippen LogP) is 1.85. The molecule has 3 N–H and O–H groups in total. The maximum atomic E-state index is 10.8. The third kappa shape index (κ3) is 5.19. The minimum absolute atomic E-state index is 0.282. The summed E-state index contributed by atoms with van der Waals surface area (Å²) in [5.74, 6) is 0. The Balaban J connectivity index is 2.07. The summed E-state index contributed by atoms with van der Waals surface area (Å²) in [7, 11) is 0. The van der Waals surface area contributed by atoms with Crippen LogP contribution in [0.3, 0.4) is 0 Å². The molecule has 0 aliphatic heterocycles. The van der Waals surface area contributed by atoms with E-state index in [1.165, 1.54) is 5.57 Å². The second-order valence-corrected chi connectivity index (χ2v) is 3.49. The zero-order valence-electron chi connectivity index (χ0n) is 9.07. The van der Waals surface area contributed by atoms with Gasteiger partial charge in [-0.05, 0) is 25.7 Å². The van der Waals surface area contributed by atoms with E-state index in [1.807, 2.05) is 5.32 Å². The first kappa shape index (κ1) is 12.3. The van der Waals surface area contributed by atoms with Crippen molar-refractivity contribution >= 4 is 12.1 Å². The van der Waals surface area contributed by atoms with Crippen molar-refractivity contribution in [2.24, 2.45) is 5.73 Å². The molecule has 0 bridgehead atoms. The van der Waals surface area contributed by atoms with Crippen molar-refractivity contribution in [3.63, 3.8) is 0 Å². The smallest absolute Gasteiger partial charge is 0.415 e. The SMILES string of the molecule is NC(=O)NC(=O)OCCCC1=CCCC=C1. The van der Waals surface area contributed by atoms with Gasteiger partial charge in [0.25, 0.3) is 0 Å². The number of carbonyl (C=O) groups excluding carboxylic acids is 2. The second-order valence-electron chi connectivity index (χ2n) is 3.49. The lowest BCUT2D eigenvalue weighted by molar-refractivity contribution is 0.146. The number of carbonyl (C=O) groups is 2. The summed E-state index contributed by atoms with van der Waals surface area (Å²) in [4.78, 5) is 21.1. The summed E-state index contributed by atoms with van der Waals surface area (Å²) >= 11 is 0. The van der Waals surface area contributed by atoms with Crippen LogP contribution in [0.1, 0.15) is 25.7 Å².